The number of carboxylic acids is 1. The highest BCUT2D eigenvalue weighted by molar-refractivity contribution is 8.00. The molecule has 0 aliphatic rings. The van der Waals surface area contributed by atoms with Gasteiger partial charge in [-0.25, -0.2) is 4.79 Å². The van der Waals surface area contributed by atoms with Gasteiger partial charge in [-0.2, -0.15) is 0 Å². The van der Waals surface area contributed by atoms with Gasteiger partial charge in [0.25, 0.3) is 0 Å². The normalized spacial score (nSPS) is 12.0. The lowest BCUT2D eigenvalue weighted by molar-refractivity contribution is -0.142. The van der Waals surface area contributed by atoms with E-state index in [4.69, 9.17) is 9.84 Å². The summed E-state index contributed by atoms with van der Waals surface area (Å²) in [4.78, 5) is 23.7. The van der Waals surface area contributed by atoms with Crippen LogP contribution >= 0.6 is 11.8 Å². The maximum absolute atomic E-state index is 11.8. The fourth-order valence-corrected chi connectivity index (χ4v) is 2.39. The number of ether oxygens (including phenoxy) is 1. The molecule has 1 aromatic rings. The molecule has 2 N–H and O–H groups in total. The second-order valence-electron chi connectivity index (χ2n) is 4.82. The third-order valence-corrected chi connectivity index (χ3v) is 3.77. The number of amides is 1. The summed E-state index contributed by atoms with van der Waals surface area (Å²) in [6.45, 7) is 6.05. The molecule has 1 atom stereocenters. The van der Waals surface area contributed by atoms with Crippen molar-refractivity contribution >= 4 is 23.6 Å². The molecule has 0 spiro atoms. The minimum atomic E-state index is -1.01. The van der Waals surface area contributed by atoms with Gasteiger partial charge in [0, 0.05) is 4.90 Å². The Kier molecular flexibility index (Phi) is 7.08. The largest absolute Gasteiger partial charge is 0.494 e. The number of carboxylic acid groups (broad SMARTS) is 1. The summed E-state index contributed by atoms with van der Waals surface area (Å²) in [6, 6.07) is 6.59. The molecule has 0 heterocycles. The summed E-state index contributed by atoms with van der Waals surface area (Å²) in [7, 11) is 0. The van der Waals surface area contributed by atoms with Crippen LogP contribution in [0.4, 0.5) is 0 Å². The van der Waals surface area contributed by atoms with Crippen molar-refractivity contribution in [3.63, 3.8) is 0 Å². The summed E-state index contributed by atoms with van der Waals surface area (Å²) in [6.07, 6.45) is 0. The molecule has 0 radical (unpaired) electrons. The van der Waals surface area contributed by atoms with Crippen LogP contribution in [-0.4, -0.2) is 35.4 Å². The number of nitrogens with one attached hydrogen (secondary N) is 1. The molecular formula is C15H21NO4S. The first-order valence-corrected chi connectivity index (χ1v) is 7.80. The first-order valence-electron chi connectivity index (χ1n) is 6.81. The first-order chi connectivity index (χ1) is 9.93. The van der Waals surface area contributed by atoms with Crippen LogP contribution < -0.4 is 10.1 Å². The molecule has 21 heavy (non-hydrogen) atoms. The number of hydrogen-bond donors (Lipinski definition) is 2. The van der Waals surface area contributed by atoms with Gasteiger partial charge in [0.2, 0.25) is 5.91 Å². The number of rotatable bonds is 8. The molecule has 5 nitrogen and oxygen atoms in total. The predicted molar refractivity (Wildman–Crippen MR) is 82.7 cm³/mol. The van der Waals surface area contributed by atoms with Crippen LogP contribution in [0.25, 0.3) is 0 Å². The number of carbonyl (C=O) groups is 2. The molecule has 6 heteroatoms. The third-order valence-electron chi connectivity index (χ3n) is 2.75. The van der Waals surface area contributed by atoms with Crippen LogP contribution in [0.3, 0.4) is 0 Å². The fraction of sp³-hybridized carbons (Fsp3) is 0.467. The lowest BCUT2D eigenvalue weighted by atomic mass is 10.1. The molecule has 0 aliphatic carbocycles. The Hall–Kier alpha value is -1.69. The van der Waals surface area contributed by atoms with E-state index in [0.29, 0.717) is 6.61 Å². The van der Waals surface area contributed by atoms with Gasteiger partial charge in [-0.1, -0.05) is 13.8 Å². The van der Waals surface area contributed by atoms with Crippen molar-refractivity contribution in [3.8, 4) is 5.75 Å². The van der Waals surface area contributed by atoms with E-state index in [0.717, 1.165) is 10.6 Å². The molecule has 0 fully saturated rings. The van der Waals surface area contributed by atoms with E-state index < -0.39 is 12.0 Å². The van der Waals surface area contributed by atoms with Crippen molar-refractivity contribution < 1.29 is 19.4 Å². The SMILES string of the molecule is CCOc1ccc(SCC(=O)N[C@@H](C(=O)O)C(C)C)cc1. The van der Waals surface area contributed by atoms with Gasteiger partial charge in [0.15, 0.2) is 0 Å². The zero-order chi connectivity index (χ0) is 15.8. The highest BCUT2D eigenvalue weighted by Crippen LogP contribution is 2.21. The predicted octanol–water partition coefficient (Wildman–Crippen LogP) is 2.40. The van der Waals surface area contributed by atoms with Gasteiger partial charge < -0.3 is 15.2 Å². The van der Waals surface area contributed by atoms with Gasteiger partial charge in [0.05, 0.1) is 12.4 Å². The minimum Gasteiger partial charge on any atom is -0.494 e. The van der Waals surface area contributed by atoms with Crippen molar-refractivity contribution in [1.82, 2.24) is 5.32 Å². The summed E-state index contributed by atoms with van der Waals surface area (Å²) < 4.78 is 5.34. The Labute approximate surface area is 129 Å². The number of benzene rings is 1. The summed E-state index contributed by atoms with van der Waals surface area (Å²) in [5, 5.41) is 11.6. The van der Waals surface area contributed by atoms with Gasteiger partial charge in [0.1, 0.15) is 11.8 Å². The zero-order valence-corrected chi connectivity index (χ0v) is 13.3. The number of hydrogen-bond acceptors (Lipinski definition) is 4. The topological polar surface area (TPSA) is 75.6 Å². The molecular weight excluding hydrogens is 290 g/mol. The van der Waals surface area contributed by atoms with Gasteiger partial charge in [-0.05, 0) is 37.1 Å². The Balaban J connectivity index is 2.47. The van der Waals surface area contributed by atoms with Crippen molar-refractivity contribution in [2.24, 2.45) is 5.92 Å². The number of aliphatic carboxylic acids is 1. The van der Waals surface area contributed by atoms with E-state index in [9.17, 15) is 9.59 Å². The average molecular weight is 311 g/mol. The maximum atomic E-state index is 11.8. The van der Waals surface area contributed by atoms with Crippen molar-refractivity contribution in [2.45, 2.75) is 31.7 Å². The van der Waals surface area contributed by atoms with Gasteiger partial charge >= 0.3 is 5.97 Å². The Morgan fingerprint density at radius 1 is 1.29 bits per heavy atom. The highest BCUT2D eigenvalue weighted by atomic mass is 32.2. The Morgan fingerprint density at radius 3 is 2.38 bits per heavy atom. The Morgan fingerprint density at radius 2 is 1.90 bits per heavy atom. The first kappa shape index (κ1) is 17.4. The van der Waals surface area contributed by atoms with Crippen LogP contribution in [0.1, 0.15) is 20.8 Å². The molecule has 0 saturated heterocycles. The molecule has 1 amide bonds. The lowest BCUT2D eigenvalue weighted by Crippen LogP contribution is -2.45. The van der Waals surface area contributed by atoms with Crippen molar-refractivity contribution in [3.05, 3.63) is 24.3 Å². The van der Waals surface area contributed by atoms with E-state index in [1.54, 1.807) is 13.8 Å². The monoisotopic (exact) mass is 311 g/mol. The van der Waals surface area contributed by atoms with Gasteiger partial charge in [-0.3, -0.25) is 4.79 Å². The maximum Gasteiger partial charge on any atom is 0.326 e. The molecule has 1 aromatic carbocycles. The molecule has 1 rings (SSSR count). The smallest absolute Gasteiger partial charge is 0.326 e. The van der Waals surface area contributed by atoms with E-state index in [2.05, 4.69) is 5.32 Å². The highest BCUT2D eigenvalue weighted by Gasteiger charge is 2.23. The summed E-state index contributed by atoms with van der Waals surface area (Å²) in [5.74, 6) is -0.469. The quantitative estimate of drug-likeness (QED) is 0.721. The molecule has 0 aromatic heterocycles. The molecule has 0 saturated carbocycles. The molecule has 116 valence electrons. The Bertz CT molecular complexity index is 473. The second kappa shape index (κ2) is 8.56. The average Bonchev–Trinajstić information content (AvgIpc) is 2.43. The lowest BCUT2D eigenvalue weighted by Gasteiger charge is -2.17. The number of carbonyl (C=O) groups excluding carboxylic acids is 1. The summed E-state index contributed by atoms with van der Waals surface area (Å²) in [5.41, 5.74) is 0. The van der Waals surface area contributed by atoms with Crippen LogP contribution in [0.5, 0.6) is 5.75 Å². The van der Waals surface area contributed by atoms with Crippen LogP contribution in [0.2, 0.25) is 0 Å². The van der Waals surface area contributed by atoms with Crippen molar-refractivity contribution in [1.29, 1.82) is 0 Å². The van der Waals surface area contributed by atoms with E-state index in [1.165, 1.54) is 11.8 Å². The third kappa shape index (κ3) is 6.08. The van der Waals surface area contributed by atoms with E-state index >= 15 is 0 Å². The number of thioether (sulfide) groups is 1. The summed E-state index contributed by atoms with van der Waals surface area (Å²) >= 11 is 1.36. The molecule has 0 bridgehead atoms. The zero-order valence-electron chi connectivity index (χ0n) is 12.5. The molecule has 0 aliphatic heterocycles. The van der Waals surface area contributed by atoms with Crippen LogP contribution in [0, 0.1) is 5.92 Å². The van der Waals surface area contributed by atoms with Gasteiger partial charge in [-0.15, -0.1) is 11.8 Å². The molecule has 0 unspecified atom stereocenters. The minimum absolute atomic E-state index is 0.151. The van der Waals surface area contributed by atoms with Crippen LogP contribution in [-0.2, 0) is 9.59 Å². The second-order valence-corrected chi connectivity index (χ2v) is 5.87. The standard InChI is InChI=1S/C15H21NO4S/c1-4-20-11-5-7-12(8-6-11)21-9-13(17)16-14(10(2)3)15(18)19/h5-8,10,14H,4,9H2,1-3H3,(H,16,17)(H,18,19)/t14-/m1/s1. The van der Waals surface area contributed by atoms with E-state index in [-0.39, 0.29) is 17.6 Å². The fourth-order valence-electron chi connectivity index (χ4n) is 1.68. The van der Waals surface area contributed by atoms with E-state index in [1.807, 2.05) is 31.2 Å². The van der Waals surface area contributed by atoms with Crippen molar-refractivity contribution in [2.75, 3.05) is 12.4 Å². The van der Waals surface area contributed by atoms with Crippen LogP contribution in [0.15, 0.2) is 29.2 Å².